The van der Waals surface area contributed by atoms with Gasteiger partial charge in [-0.1, -0.05) is 0 Å². The Hall–Kier alpha value is -0.0900. The van der Waals surface area contributed by atoms with Gasteiger partial charge < -0.3 is 0 Å². The molecular weight excluding hydrogens is 138 g/mol. The third-order valence-electron chi connectivity index (χ3n) is 1.65. The average Bonchev–Trinajstić information content (AvgIpc) is 1.79. The van der Waals surface area contributed by atoms with E-state index in [4.69, 9.17) is 0 Å². The van der Waals surface area contributed by atoms with Gasteiger partial charge in [-0.05, 0) is 14.0 Å². The molecule has 1 aliphatic heterocycles. The van der Waals surface area contributed by atoms with Gasteiger partial charge in [-0.3, -0.25) is 4.90 Å². The molecule has 0 aromatic heterocycles. The molecule has 3 nitrogen and oxygen atoms in total. The van der Waals surface area contributed by atoms with Crippen molar-refractivity contribution in [1.29, 1.82) is 0 Å². The van der Waals surface area contributed by atoms with E-state index in [1.165, 1.54) is 0 Å². The van der Waals surface area contributed by atoms with Crippen molar-refractivity contribution >= 4 is 9.84 Å². The molecule has 1 saturated heterocycles. The van der Waals surface area contributed by atoms with Gasteiger partial charge in [-0.15, -0.1) is 0 Å². The first kappa shape index (κ1) is 7.02. The first-order chi connectivity index (χ1) is 4.01. The van der Waals surface area contributed by atoms with Crippen molar-refractivity contribution in [3.63, 3.8) is 0 Å². The highest BCUT2D eigenvalue weighted by atomic mass is 32.2. The van der Waals surface area contributed by atoms with Gasteiger partial charge >= 0.3 is 0 Å². The van der Waals surface area contributed by atoms with E-state index >= 15 is 0 Å². The summed E-state index contributed by atoms with van der Waals surface area (Å²) in [5.41, 5.74) is 0. The molecule has 0 aromatic rings. The molecule has 1 aliphatic rings. The van der Waals surface area contributed by atoms with Gasteiger partial charge in [0.15, 0.2) is 9.84 Å². The monoisotopic (exact) mass is 149 g/mol. The quantitative estimate of drug-likeness (QED) is 0.474. The molecular formula is C5H11NO2S. The number of rotatable bonds is 0. The van der Waals surface area contributed by atoms with Crippen LogP contribution >= 0.6 is 0 Å². The smallest absolute Gasteiger partial charge is 0.164 e. The van der Waals surface area contributed by atoms with E-state index in [2.05, 4.69) is 0 Å². The van der Waals surface area contributed by atoms with Crippen molar-refractivity contribution in [2.75, 3.05) is 18.7 Å². The highest BCUT2D eigenvalue weighted by Crippen LogP contribution is 2.11. The fourth-order valence-corrected chi connectivity index (χ4v) is 2.95. The van der Waals surface area contributed by atoms with Crippen molar-refractivity contribution in [3.8, 4) is 0 Å². The van der Waals surface area contributed by atoms with E-state index in [0.29, 0.717) is 5.75 Å². The molecule has 1 rings (SSSR count). The zero-order valence-electron chi connectivity index (χ0n) is 5.66. The summed E-state index contributed by atoms with van der Waals surface area (Å²) in [4.78, 5) is 1.84. The summed E-state index contributed by atoms with van der Waals surface area (Å²) in [6.07, 6.45) is 0. The highest BCUT2D eigenvalue weighted by Gasteiger charge is 2.28. The van der Waals surface area contributed by atoms with Crippen LogP contribution in [-0.4, -0.2) is 38.0 Å². The molecule has 0 amide bonds. The molecule has 0 aliphatic carbocycles. The maximum absolute atomic E-state index is 10.8. The fraction of sp³-hybridized carbons (Fsp3) is 1.00. The second-order valence-corrected chi connectivity index (χ2v) is 4.72. The molecule has 0 bridgehead atoms. The largest absolute Gasteiger partial charge is 0.289 e. The van der Waals surface area contributed by atoms with E-state index in [1.807, 2.05) is 18.9 Å². The van der Waals surface area contributed by atoms with Gasteiger partial charge in [0, 0.05) is 6.04 Å². The van der Waals surface area contributed by atoms with Crippen molar-refractivity contribution in [2.45, 2.75) is 13.0 Å². The third-order valence-corrected chi connectivity index (χ3v) is 3.44. The Labute approximate surface area is 55.6 Å². The van der Waals surface area contributed by atoms with Crippen LogP contribution in [-0.2, 0) is 9.84 Å². The van der Waals surface area contributed by atoms with Gasteiger partial charge in [0.25, 0.3) is 0 Å². The maximum Gasteiger partial charge on any atom is 0.164 e. The van der Waals surface area contributed by atoms with Crippen molar-refractivity contribution < 1.29 is 8.42 Å². The zero-order chi connectivity index (χ0) is 7.07. The van der Waals surface area contributed by atoms with Crippen LogP contribution < -0.4 is 0 Å². The Kier molecular flexibility index (Phi) is 1.52. The molecule has 0 radical (unpaired) electrons. The van der Waals surface area contributed by atoms with Crippen LogP contribution in [0.1, 0.15) is 6.92 Å². The van der Waals surface area contributed by atoms with Crippen molar-refractivity contribution in [3.05, 3.63) is 0 Å². The van der Waals surface area contributed by atoms with Crippen LogP contribution in [0, 0.1) is 0 Å². The van der Waals surface area contributed by atoms with Crippen LogP contribution in [0.5, 0.6) is 0 Å². The number of hydrogen-bond acceptors (Lipinski definition) is 3. The molecule has 0 saturated carbocycles. The first-order valence-corrected chi connectivity index (χ1v) is 4.74. The third kappa shape index (κ3) is 1.43. The Bertz CT molecular complexity index is 181. The summed E-state index contributed by atoms with van der Waals surface area (Å²) in [6.45, 7) is 1.92. The van der Waals surface area contributed by atoms with Gasteiger partial charge in [0.2, 0.25) is 0 Å². The molecule has 1 fully saturated rings. The number of sulfone groups is 1. The summed E-state index contributed by atoms with van der Waals surface area (Å²) < 4.78 is 21.6. The minimum absolute atomic E-state index is 0.204. The lowest BCUT2D eigenvalue weighted by molar-refractivity contribution is 0.343. The molecule has 4 heteroatoms. The Morgan fingerprint density at radius 1 is 1.56 bits per heavy atom. The topological polar surface area (TPSA) is 37.4 Å². The van der Waals surface area contributed by atoms with Crippen LogP contribution in [0.2, 0.25) is 0 Å². The summed E-state index contributed by atoms with van der Waals surface area (Å²) in [5, 5.41) is 0. The molecule has 9 heavy (non-hydrogen) atoms. The normalized spacial score (nSPS) is 35.1. The van der Waals surface area contributed by atoms with Gasteiger partial charge in [-0.2, -0.15) is 0 Å². The van der Waals surface area contributed by atoms with E-state index in [-0.39, 0.29) is 11.9 Å². The fourth-order valence-electron chi connectivity index (χ4n) is 0.985. The van der Waals surface area contributed by atoms with Crippen molar-refractivity contribution in [1.82, 2.24) is 4.90 Å². The summed E-state index contributed by atoms with van der Waals surface area (Å²) in [5.74, 6) is 0.553. The molecule has 1 unspecified atom stereocenters. The van der Waals surface area contributed by atoms with Crippen molar-refractivity contribution in [2.24, 2.45) is 0 Å². The molecule has 54 valence electrons. The highest BCUT2D eigenvalue weighted by molar-refractivity contribution is 7.91. The van der Waals surface area contributed by atoms with Gasteiger partial charge in [0.1, 0.15) is 5.88 Å². The summed E-state index contributed by atoms with van der Waals surface area (Å²) in [6, 6.07) is 0.204. The number of nitrogens with zero attached hydrogens (tertiary/aromatic N) is 1. The minimum atomic E-state index is -2.72. The lowest BCUT2D eigenvalue weighted by atomic mass is 10.4. The second kappa shape index (κ2) is 1.95. The van der Waals surface area contributed by atoms with Crippen LogP contribution in [0.15, 0.2) is 0 Å². The Morgan fingerprint density at radius 3 is 2.22 bits per heavy atom. The maximum atomic E-state index is 10.8. The lowest BCUT2D eigenvalue weighted by Gasteiger charge is -2.09. The minimum Gasteiger partial charge on any atom is -0.289 e. The first-order valence-electron chi connectivity index (χ1n) is 2.92. The van der Waals surface area contributed by atoms with E-state index < -0.39 is 9.84 Å². The average molecular weight is 149 g/mol. The van der Waals surface area contributed by atoms with E-state index in [9.17, 15) is 8.42 Å². The predicted octanol–water partition coefficient (Wildman–Crippen LogP) is -0.307. The molecule has 1 heterocycles. The molecule has 0 N–H and O–H groups in total. The van der Waals surface area contributed by atoms with Crippen LogP contribution in [0.3, 0.4) is 0 Å². The summed E-state index contributed by atoms with van der Waals surface area (Å²) >= 11 is 0. The second-order valence-electron chi connectivity index (χ2n) is 2.65. The zero-order valence-corrected chi connectivity index (χ0v) is 6.48. The van der Waals surface area contributed by atoms with E-state index in [1.54, 1.807) is 0 Å². The van der Waals surface area contributed by atoms with E-state index in [0.717, 1.165) is 0 Å². The van der Waals surface area contributed by atoms with Crippen LogP contribution in [0.4, 0.5) is 0 Å². The molecule has 1 atom stereocenters. The SMILES string of the molecule is CC1CS(=O)(=O)CN1C. The van der Waals surface area contributed by atoms with Gasteiger partial charge in [0.05, 0.1) is 5.75 Å². The van der Waals surface area contributed by atoms with Crippen LogP contribution in [0.25, 0.3) is 0 Å². The standard InChI is InChI=1S/C5H11NO2S/c1-5-3-9(7,8)4-6(5)2/h5H,3-4H2,1-2H3. The molecule has 0 spiro atoms. The number of hydrogen-bond donors (Lipinski definition) is 0. The predicted molar refractivity (Wildman–Crippen MR) is 35.9 cm³/mol. The lowest BCUT2D eigenvalue weighted by Crippen LogP contribution is -2.22. The van der Waals surface area contributed by atoms with Gasteiger partial charge in [-0.25, -0.2) is 8.42 Å². The molecule has 0 aromatic carbocycles. The summed E-state index contributed by atoms with van der Waals surface area (Å²) in [7, 11) is -0.890. The Balaban J connectivity index is 2.77. The Morgan fingerprint density at radius 2 is 2.11 bits per heavy atom.